The van der Waals surface area contributed by atoms with Crippen molar-refractivity contribution in [3.63, 3.8) is 0 Å². The van der Waals surface area contributed by atoms with Crippen LogP contribution in [0.4, 0.5) is 5.82 Å². The van der Waals surface area contributed by atoms with Gasteiger partial charge in [-0.1, -0.05) is 25.1 Å². The number of anilines is 1. The van der Waals surface area contributed by atoms with E-state index in [0.717, 1.165) is 40.4 Å². The van der Waals surface area contributed by atoms with E-state index in [-0.39, 0.29) is 5.92 Å². The molecule has 0 bridgehead atoms. The minimum absolute atomic E-state index is 0.199. The second kappa shape index (κ2) is 6.02. The number of nitrogens with zero attached hydrogens (tertiary/aromatic N) is 2. The summed E-state index contributed by atoms with van der Waals surface area (Å²) >= 11 is 3.57. The molecule has 3 rings (SSSR count). The van der Waals surface area contributed by atoms with Gasteiger partial charge in [0, 0.05) is 7.05 Å². The van der Waals surface area contributed by atoms with Crippen molar-refractivity contribution in [2.75, 3.05) is 19.0 Å². The Kier molecular flexibility index (Phi) is 4.10. The molecule has 5 heteroatoms. The molecule has 2 heterocycles. The zero-order valence-electron chi connectivity index (χ0n) is 12.2. The molecule has 4 nitrogen and oxygen atoms in total. The highest BCUT2D eigenvalue weighted by molar-refractivity contribution is 9.10. The van der Waals surface area contributed by atoms with E-state index in [0.29, 0.717) is 6.61 Å². The summed E-state index contributed by atoms with van der Waals surface area (Å²) in [5.41, 5.74) is 2.26. The number of nitrogens with one attached hydrogen (secondary N) is 1. The molecule has 0 spiro atoms. The van der Waals surface area contributed by atoms with Crippen LogP contribution in [0.5, 0.6) is 5.75 Å². The Morgan fingerprint density at radius 2 is 2.14 bits per heavy atom. The van der Waals surface area contributed by atoms with Crippen molar-refractivity contribution in [3.05, 3.63) is 45.8 Å². The van der Waals surface area contributed by atoms with Gasteiger partial charge in [-0.3, -0.25) is 0 Å². The molecule has 21 heavy (non-hydrogen) atoms. The summed E-state index contributed by atoms with van der Waals surface area (Å²) in [4.78, 5) is 9.36. The standard InChI is InChI=1S/C16H18BrN3O/c1-3-12-14(17)16(18-2)20-15(19-12)11-8-10-6-4-5-7-13(10)21-9-11/h4-7,11H,3,8-9H2,1-2H3,(H,18,19,20). The molecule has 0 aliphatic carbocycles. The van der Waals surface area contributed by atoms with Crippen LogP contribution in [0.3, 0.4) is 0 Å². The van der Waals surface area contributed by atoms with Gasteiger partial charge in [0.2, 0.25) is 0 Å². The third kappa shape index (κ3) is 2.75. The van der Waals surface area contributed by atoms with E-state index in [1.807, 2.05) is 25.2 Å². The number of fused-ring (bicyclic) bond motifs is 1. The molecule has 1 aromatic heterocycles. The van der Waals surface area contributed by atoms with Gasteiger partial charge in [-0.2, -0.15) is 0 Å². The van der Waals surface area contributed by atoms with Crippen LogP contribution in [0, 0.1) is 0 Å². The van der Waals surface area contributed by atoms with Crippen molar-refractivity contribution in [1.29, 1.82) is 0 Å². The van der Waals surface area contributed by atoms with Crippen LogP contribution < -0.4 is 10.1 Å². The second-order valence-electron chi connectivity index (χ2n) is 5.11. The Bertz CT molecular complexity index is 635. The van der Waals surface area contributed by atoms with Crippen molar-refractivity contribution in [2.45, 2.75) is 25.7 Å². The van der Waals surface area contributed by atoms with Gasteiger partial charge in [-0.15, -0.1) is 0 Å². The van der Waals surface area contributed by atoms with Gasteiger partial charge in [-0.25, -0.2) is 9.97 Å². The van der Waals surface area contributed by atoms with Crippen LogP contribution in [-0.4, -0.2) is 23.6 Å². The fourth-order valence-electron chi connectivity index (χ4n) is 2.59. The lowest BCUT2D eigenvalue weighted by Gasteiger charge is -2.25. The molecule has 1 atom stereocenters. The average Bonchev–Trinajstić information content (AvgIpc) is 2.54. The molecule has 2 aromatic rings. The first-order valence-electron chi connectivity index (χ1n) is 7.17. The molecular weight excluding hydrogens is 330 g/mol. The van der Waals surface area contributed by atoms with Crippen molar-refractivity contribution in [1.82, 2.24) is 9.97 Å². The Labute approximate surface area is 133 Å². The lowest BCUT2D eigenvalue weighted by atomic mass is 9.96. The van der Waals surface area contributed by atoms with E-state index in [2.05, 4.69) is 39.2 Å². The fourth-order valence-corrected chi connectivity index (χ4v) is 3.24. The van der Waals surface area contributed by atoms with Gasteiger partial charge in [0.1, 0.15) is 17.4 Å². The minimum Gasteiger partial charge on any atom is -0.493 e. The molecule has 1 aliphatic rings. The van der Waals surface area contributed by atoms with E-state index in [1.165, 1.54) is 5.56 Å². The Morgan fingerprint density at radius 3 is 2.90 bits per heavy atom. The Balaban J connectivity index is 1.95. The molecular formula is C16H18BrN3O. The van der Waals surface area contributed by atoms with Gasteiger partial charge < -0.3 is 10.1 Å². The summed E-state index contributed by atoms with van der Waals surface area (Å²) in [5, 5.41) is 3.13. The zero-order valence-corrected chi connectivity index (χ0v) is 13.8. The molecule has 0 saturated carbocycles. The second-order valence-corrected chi connectivity index (χ2v) is 5.91. The number of benzene rings is 1. The molecule has 0 saturated heterocycles. The number of aromatic nitrogens is 2. The maximum atomic E-state index is 5.86. The summed E-state index contributed by atoms with van der Waals surface area (Å²) < 4.78 is 6.81. The quantitative estimate of drug-likeness (QED) is 0.921. The topological polar surface area (TPSA) is 47.0 Å². The third-order valence-electron chi connectivity index (χ3n) is 3.75. The summed E-state index contributed by atoms with van der Waals surface area (Å²) in [7, 11) is 1.88. The molecule has 0 fully saturated rings. The van der Waals surface area contributed by atoms with Crippen LogP contribution in [0.1, 0.15) is 29.9 Å². The van der Waals surface area contributed by atoms with Crippen molar-refractivity contribution in [2.24, 2.45) is 0 Å². The lowest BCUT2D eigenvalue weighted by molar-refractivity contribution is 0.257. The largest absolute Gasteiger partial charge is 0.493 e. The molecule has 0 radical (unpaired) electrons. The van der Waals surface area contributed by atoms with E-state index < -0.39 is 0 Å². The van der Waals surface area contributed by atoms with Crippen LogP contribution in [-0.2, 0) is 12.8 Å². The SMILES string of the molecule is CCc1nc(C2COc3ccccc3C2)nc(NC)c1Br. The van der Waals surface area contributed by atoms with E-state index in [1.54, 1.807) is 0 Å². The number of para-hydroxylation sites is 1. The zero-order chi connectivity index (χ0) is 14.8. The number of hydrogen-bond donors (Lipinski definition) is 1. The highest BCUT2D eigenvalue weighted by Crippen LogP contribution is 2.33. The van der Waals surface area contributed by atoms with Crippen molar-refractivity contribution >= 4 is 21.7 Å². The van der Waals surface area contributed by atoms with Crippen LogP contribution in [0.15, 0.2) is 28.7 Å². The van der Waals surface area contributed by atoms with Crippen LogP contribution in [0.2, 0.25) is 0 Å². The maximum absolute atomic E-state index is 5.86. The van der Waals surface area contributed by atoms with Gasteiger partial charge >= 0.3 is 0 Å². The smallest absolute Gasteiger partial charge is 0.144 e. The monoisotopic (exact) mass is 347 g/mol. The van der Waals surface area contributed by atoms with Gasteiger partial charge in [-0.05, 0) is 40.4 Å². The Hall–Kier alpha value is -1.62. The van der Waals surface area contributed by atoms with Crippen molar-refractivity contribution in [3.8, 4) is 5.75 Å². The highest BCUT2D eigenvalue weighted by atomic mass is 79.9. The van der Waals surface area contributed by atoms with E-state index in [9.17, 15) is 0 Å². The molecule has 1 unspecified atom stereocenters. The lowest BCUT2D eigenvalue weighted by Crippen LogP contribution is -2.22. The molecule has 1 aliphatic heterocycles. The predicted molar refractivity (Wildman–Crippen MR) is 87.0 cm³/mol. The van der Waals surface area contributed by atoms with Gasteiger partial charge in [0.25, 0.3) is 0 Å². The van der Waals surface area contributed by atoms with E-state index in [4.69, 9.17) is 9.72 Å². The van der Waals surface area contributed by atoms with Gasteiger partial charge in [0.05, 0.1) is 22.7 Å². The number of rotatable bonds is 3. The van der Waals surface area contributed by atoms with Crippen LogP contribution in [0.25, 0.3) is 0 Å². The summed E-state index contributed by atoms with van der Waals surface area (Å²) in [6.45, 7) is 2.73. The molecule has 1 N–H and O–H groups in total. The third-order valence-corrected chi connectivity index (χ3v) is 4.59. The molecule has 1 aromatic carbocycles. The predicted octanol–water partition coefficient (Wildman–Crippen LogP) is 3.56. The van der Waals surface area contributed by atoms with E-state index >= 15 is 0 Å². The average molecular weight is 348 g/mol. The number of ether oxygens (including phenoxy) is 1. The number of aryl methyl sites for hydroxylation is 1. The van der Waals surface area contributed by atoms with Gasteiger partial charge in [0.15, 0.2) is 0 Å². The summed E-state index contributed by atoms with van der Waals surface area (Å²) in [6, 6.07) is 8.18. The molecule has 0 amide bonds. The summed E-state index contributed by atoms with van der Waals surface area (Å²) in [5.74, 6) is 2.88. The Morgan fingerprint density at radius 1 is 1.33 bits per heavy atom. The first-order valence-corrected chi connectivity index (χ1v) is 7.97. The highest BCUT2D eigenvalue weighted by Gasteiger charge is 2.25. The molecule has 110 valence electrons. The number of hydrogen-bond acceptors (Lipinski definition) is 4. The normalized spacial score (nSPS) is 17.0. The van der Waals surface area contributed by atoms with Crippen molar-refractivity contribution < 1.29 is 4.74 Å². The van der Waals surface area contributed by atoms with Crippen LogP contribution >= 0.6 is 15.9 Å². The number of halogens is 1. The first kappa shape index (κ1) is 14.3. The first-order chi connectivity index (χ1) is 10.2. The fraction of sp³-hybridized carbons (Fsp3) is 0.375. The minimum atomic E-state index is 0.199. The maximum Gasteiger partial charge on any atom is 0.144 e. The summed E-state index contributed by atoms with van der Waals surface area (Å²) in [6.07, 6.45) is 1.79.